The second kappa shape index (κ2) is 3.16. The zero-order valence-electron chi connectivity index (χ0n) is 8.33. The summed E-state index contributed by atoms with van der Waals surface area (Å²) in [6.45, 7) is 0. The van der Waals surface area contributed by atoms with E-state index in [1.807, 2.05) is 0 Å². The summed E-state index contributed by atoms with van der Waals surface area (Å²) in [5.74, 6) is -11.1. The number of hydrogen-bond donors (Lipinski definition) is 0. The van der Waals surface area contributed by atoms with E-state index in [2.05, 4.69) is 0 Å². The van der Waals surface area contributed by atoms with Crippen molar-refractivity contribution in [2.75, 3.05) is 0 Å². The Morgan fingerprint density at radius 3 is 1.67 bits per heavy atom. The van der Waals surface area contributed by atoms with Crippen molar-refractivity contribution in [3.8, 4) is 0 Å². The molecule has 1 atom stereocenters. The van der Waals surface area contributed by atoms with Gasteiger partial charge in [0.2, 0.25) is 0 Å². The quantitative estimate of drug-likeness (QED) is 0.624. The first-order chi connectivity index (χ1) is 7.98. The number of benzene rings is 1. The largest absolute Gasteiger partial charge is 0.433 e. The monoisotopic (exact) mass is 276 g/mol. The molecule has 0 saturated heterocycles. The molecule has 0 N–H and O–H groups in total. The predicted molar refractivity (Wildman–Crippen MR) is 44.1 cm³/mol. The van der Waals surface area contributed by atoms with Gasteiger partial charge in [-0.05, 0) is 0 Å². The Balaban J connectivity index is 2.84. The van der Waals surface area contributed by atoms with Gasteiger partial charge in [-0.1, -0.05) is 24.3 Å². The molecule has 1 aromatic rings. The van der Waals surface area contributed by atoms with Crippen LogP contribution in [-0.4, -0.2) is 12.1 Å². The van der Waals surface area contributed by atoms with Crippen molar-refractivity contribution >= 4 is 0 Å². The van der Waals surface area contributed by atoms with E-state index in [1.165, 1.54) is 0 Å². The average Bonchev–Trinajstić information content (AvgIpc) is 2.36. The maximum atomic E-state index is 13.7. The van der Waals surface area contributed by atoms with Crippen LogP contribution in [0.4, 0.5) is 35.1 Å². The zero-order chi connectivity index (χ0) is 14.0. The molecular weight excluding hydrogens is 272 g/mol. The molecule has 0 heterocycles. The smallest absolute Gasteiger partial charge is 0.221 e. The van der Waals surface area contributed by atoms with Gasteiger partial charge in [0.1, 0.15) is 0 Å². The van der Waals surface area contributed by atoms with Crippen LogP contribution in [0.3, 0.4) is 0 Å². The van der Waals surface area contributed by atoms with Crippen molar-refractivity contribution in [2.24, 2.45) is 0 Å². The van der Waals surface area contributed by atoms with Gasteiger partial charge in [0.05, 0.1) is 0 Å². The molecule has 0 aliphatic heterocycles. The molecule has 18 heavy (non-hydrogen) atoms. The molecule has 1 aliphatic rings. The minimum atomic E-state index is -6.15. The van der Waals surface area contributed by atoms with Crippen LogP contribution >= 0.6 is 0 Å². The third-order valence-corrected chi connectivity index (χ3v) is 2.85. The molecule has 0 radical (unpaired) electrons. The molecule has 1 aromatic carbocycles. The third kappa shape index (κ3) is 1.16. The Bertz CT molecular complexity index is 489. The molecule has 0 fully saturated rings. The fraction of sp³-hybridized carbons (Fsp3) is 0.400. The highest BCUT2D eigenvalue weighted by Crippen LogP contribution is 2.66. The van der Waals surface area contributed by atoms with Crippen molar-refractivity contribution in [1.29, 1.82) is 0 Å². The second-order valence-corrected chi connectivity index (χ2v) is 3.85. The van der Waals surface area contributed by atoms with E-state index >= 15 is 0 Å². The summed E-state index contributed by atoms with van der Waals surface area (Å²) in [6, 6.07) is 2.27. The summed E-state index contributed by atoms with van der Waals surface area (Å²) in [4.78, 5) is 0. The van der Waals surface area contributed by atoms with Gasteiger partial charge in [-0.2, -0.15) is 30.7 Å². The van der Waals surface area contributed by atoms with E-state index in [9.17, 15) is 35.1 Å². The summed E-state index contributed by atoms with van der Waals surface area (Å²) in [7, 11) is 0. The highest BCUT2D eigenvalue weighted by Gasteiger charge is 2.86. The van der Waals surface area contributed by atoms with E-state index < -0.39 is 34.8 Å². The topological polar surface area (TPSA) is 0 Å². The van der Waals surface area contributed by atoms with E-state index in [-0.39, 0.29) is 6.07 Å². The Hall–Kier alpha value is -1.34. The summed E-state index contributed by atoms with van der Waals surface area (Å²) >= 11 is 0. The standard InChI is InChI=1S/C10H4F8/c11-7(10(16,17)18)5-3-1-2-4-6(5)8(12,13)9(7,14)15/h1-4H. The van der Waals surface area contributed by atoms with Crippen molar-refractivity contribution in [3.05, 3.63) is 35.4 Å². The Morgan fingerprint density at radius 1 is 0.778 bits per heavy atom. The van der Waals surface area contributed by atoms with E-state index in [0.717, 1.165) is 12.1 Å². The van der Waals surface area contributed by atoms with Crippen LogP contribution < -0.4 is 0 Å². The summed E-state index contributed by atoms with van der Waals surface area (Å²) in [5.41, 5.74) is -8.78. The number of halogens is 8. The molecule has 0 aromatic heterocycles. The predicted octanol–water partition coefficient (Wildman–Crippen LogP) is 4.15. The number of fused-ring (bicyclic) bond motifs is 1. The van der Waals surface area contributed by atoms with Crippen LogP contribution in [0, 0.1) is 0 Å². The molecular formula is C10H4F8. The van der Waals surface area contributed by atoms with Crippen LogP contribution in [0.1, 0.15) is 11.1 Å². The molecule has 100 valence electrons. The van der Waals surface area contributed by atoms with Crippen LogP contribution in [-0.2, 0) is 11.6 Å². The normalized spacial score (nSPS) is 29.1. The molecule has 0 saturated carbocycles. The van der Waals surface area contributed by atoms with Crippen LogP contribution in [0.2, 0.25) is 0 Å². The lowest BCUT2D eigenvalue weighted by atomic mass is 9.94. The summed E-state index contributed by atoms with van der Waals surface area (Å²) in [5, 5.41) is 0. The van der Waals surface area contributed by atoms with Gasteiger partial charge in [0, 0.05) is 11.1 Å². The Kier molecular flexibility index (Phi) is 2.30. The molecule has 0 amide bonds. The molecule has 1 aliphatic carbocycles. The molecule has 2 rings (SSSR count). The molecule has 0 nitrogen and oxygen atoms in total. The lowest BCUT2D eigenvalue weighted by Gasteiger charge is -2.31. The molecule has 0 spiro atoms. The summed E-state index contributed by atoms with van der Waals surface area (Å²) < 4.78 is 104. The zero-order valence-corrected chi connectivity index (χ0v) is 8.33. The minimum Gasteiger partial charge on any atom is -0.221 e. The van der Waals surface area contributed by atoms with Gasteiger partial charge >= 0.3 is 18.0 Å². The summed E-state index contributed by atoms with van der Waals surface area (Å²) in [6.07, 6.45) is -6.15. The van der Waals surface area contributed by atoms with Crippen LogP contribution in [0.5, 0.6) is 0 Å². The maximum Gasteiger partial charge on any atom is 0.433 e. The highest BCUT2D eigenvalue weighted by atomic mass is 19.4. The lowest BCUT2D eigenvalue weighted by Crippen LogP contribution is -2.54. The van der Waals surface area contributed by atoms with Crippen LogP contribution in [0.15, 0.2) is 24.3 Å². The number of rotatable bonds is 0. The van der Waals surface area contributed by atoms with Crippen LogP contribution in [0.25, 0.3) is 0 Å². The molecule has 1 unspecified atom stereocenters. The van der Waals surface area contributed by atoms with Gasteiger partial charge in [-0.25, -0.2) is 4.39 Å². The van der Waals surface area contributed by atoms with Crippen molar-refractivity contribution < 1.29 is 35.1 Å². The molecule has 0 bridgehead atoms. The van der Waals surface area contributed by atoms with Gasteiger partial charge in [-0.15, -0.1) is 0 Å². The highest BCUT2D eigenvalue weighted by molar-refractivity contribution is 5.47. The third-order valence-electron chi connectivity index (χ3n) is 2.85. The first-order valence-electron chi connectivity index (χ1n) is 4.59. The van der Waals surface area contributed by atoms with Gasteiger partial charge in [0.15, 0.2) is 0 Å². The van der Waals surface area contributed by atoms with Crippen molar-refractivity contribution in [3.63, 3.8) is 0 Å². The lowest BCUT2D eigenvalue weighted by molar-refractivity contribution is -0.349. The SMILES string of the molecule is FC(F)(F)C1(F)c2ccccc2C(F)(F)C1(F)F. The molecule has 8 heteroatoms. The van der Waals surface area contributed by atoms with Crippen molar-refractivity contribution in [2.45, 2.75) is 23.7 Å². The maximum absolute atomic E-state index is 13.7. The second-order valence-electron chi connectivity index (χ2n) is 3.85. The fourth-order valence-electron chi connectivity index (χ4n) is 1.94. The fourth-order valence-corrected chi connectivity index (χ4v) is 1.94. The van der Waals surface area contributed by atoms with E-state index in [0.29, 0.717) is 6.07 Å². The van der Waals surface area contributed by atoms with E-state index in [1.54, 1.807) is 0 Å². The number of alkyl halides is 8. The van der Waals surface area contributed by atoms with Gasteiger partial charge in [-0.3, -0.25) is 0 Å². The minimum absolute atomic E-state index is 0.289. The Labute approximate surface area is 95.2 Å². The van der Waals surface area contributed by atoms with Crippen molar-refractivity contribution in [1.82, 2.24) is 0 Å². The van der Waals surface area contributed by atoms with Gasteiger partial charge < -0.3 is 0 Å². The first kappa shape index (κ1) is 13.1. The van der Waals surface area contributed by atoms with E-state index in [4.69, 9.17) is 0 Å². The first-order valence-corrected chi connectivity index (χ1v) is 4.59. The average molecular weight is 276 g/mol. The van der Waals surface area contributed by atoms with Gasteiger partial charge in [0.25, 0.3) is 5.67 Å². The Morgan fingerprint density at radius 2 is 1.22 bits per heavy atom. The number of hydrogen-bond acceptors (Lipinski definition) is 0.